The van der Waals surface area contributed by atoms with Crippen molar-refractivity contribution in [2.75, 3.05) is 0 Å². The Kier molecular flexibility index (Phi) is 3.09. The molecule has 0 atom stereocenters. The summed E-state index contributed by atoms with van der Waals surface area (Å²) >= 11 is 0. The lowest BCUT2D eigenvalue weighted by atomic mass is 10.2. The lowest BCUT2D eigenvalue weighted by molar-refractivity contribution is -0.0888. The molecule has 0 bridgehead atoms. The fourth-order valence-corrected chi connectivity index (χ4v) is 1.41. The maximum absolute atomic E-state index is 13.1. The van der Waals surface area contributed by atoms with E-state index in [0.717, 1.165) is 16.9 Å². The molecule has 1 aromatic carbocycles. The number of ketones is 1. The minimum Gasteiger partial charge on any atom is -0.282 e. The van der Waals surface area contributed by atoms with E-state index in [1.54, 1.807) is 0 Å². The Morgan fingerprint density at radius 2 is 2.00 bits per heavy atom. The van der Waals surface area contributed by atoms with Crippen molar-refractivity contribution in [2.24, 2.45) is 0 Å². The molecular weight excluding hydrogens is 266 g/mol. The van der Waals surface area contributed by atoms with Gasteiger partial charge in [-0.25, -0.2) is 9.07 Å². The Hall–Kier alpha value is -2.25. The first-order valence-electron chi connectivity index (χ1n) is 5.09. The van der Waals surface area contributed by atoms with Crippen LogP contribution in [0.2, 0.25) is 0 Å². The van der Waals surface area contributed by atoms with Crippen molar-refractivity contribution in [3.05, 3.63) is 41.5 Å². The molecule has 0 spiro atoms. The standard InChI is InChI=1S/C11H7F4N3O/c1-6-4-7(2-3-8(6)12)18-5-9(16-17-18)10(19)11(13,14)15/h2-5H,1H3. The van der Waals surface area contributed by atoms with Crippen molar-refractivity contribution in [1.82, 2.24) is 15.0 Å². The van der Waals surface area contributed by atoms with Gasteiger partial charge in [0.15, 0.2) is 5.69 Å². The van der Waals surface area contributed by atoms with Gasteiger partial charge in [-0.3, -0.25) is 4.79 Å². The van der Waals surface area contributed by atoms with Gasteiger partial charge in [-0.05, 0) is 30.7 Å². The second-order valence-corrected chi connectivity index (χ2v) is 3.81. The topological polar surface area (TPSA) is 47.8 Å². The number of carbonyl (C=O) groups excluding carboxylic acids is 1. The molecule has 0 N–H and O–H groups in total. The average molecular weight is 273 g/mol. The number of carbonyl (C=O) groups is 1. The summed E-state index contributed by atoms with van der Waals surface area (Å²) in [5.74, 6) is -2.52. The van der Waals surface area contributed by atoms with Gasteiger partial charge >= 0.3 is 6.18 Å². The molecule has 1 aromatic heterocycles. The summed E-state index contributed by atoms with van der Waals surface area (Å²) in [5, 5.41) is 6.58. The largest absolute Gasteiger partial charge is 0.456 e. The lowest BCUT2D eigenvalue weighted by Crippen LogP contribution is -2.23. The molecule has 0 radical (unpaired) electrons. The van der Waals surface area contributed by atoms with Crippen LogP contribution >= 0.6 is 0 Å². The summed E-state index contributed by atoms with van der Waals surface area (Å²) in [7, 11) is 0. The molecule has 2 aromatic rings. The Morgan fingerprint density at radius 1 is 1.32 bits per heavy atom. The van der Waals surface area contributed by atoms with E-state index in [1.807, 2.05) is 0 Å². The number of halogens is 4. The molecule has 19 heavy (non-hydrogen) atoms. The molecule has 0 unspecified atom stereocenters. The number of alkyl halides is 3. The Morgan fingerprint density at radius 3 is 2.58 bits per heavy atom. The van der Waals surface area contributed by atoms with E-state index in [2.05, 4.69) is 10.3 Å². The minimum atomic E-state index is -5.00. The predicted octanol–water partition coefficient (Wildman–Crippen LogP) is 2.46. The normalized spacial score (nSPS) is 11.6. The highest BCUT2D eigenvalue weighted by molar-refractivity contribution is 5.98. The number of benzene rings is 1. The fraction of sp³-hybridized carbons (Fsp3) is 0.182. The van der Waals surface area contributed by atoms with Crippen molar-refractivity contribution in [3.8, 4) is 5.69 Å². The molecule has 0 amide bonds. The van der Waals surface area contributed by atoms with E-state index in [9.17, 15) is 22.4 Å². The van der Waals surface area contributed by atoms with E-state index in [-0.39, 0.29) is 0 Å². The molecule has 0 saturated heterocycles. The number of Topliss-reactive ketones (excluding diaryl/α,β-unsaturated/α-hetero) is 1. The van der Waals surface area contributed by atoms with Crippen LogP contribution in [0.5, 0.6) is 0 Å². The van der Waals surface area contributed by atoms with Crippen LogP contribution in [0.4, 0.5) is 17.6 Å². The van der Waals surface area contributed by atoms with Crippen LogP contribution in [-0.2, 0) is 0 Å². The first-order valence-corrected chi connectivity index (χ1v) is 5.09. The molecule has 8 heteroatoms. The monoisotopic (exact) mass is 273 g/mol. The highest BCUT2D eigenvalue weighted by Crippen LogP contribution is 2.20. The van der Waals surface area contributed by atoms with Gasteiger partial charge in [-0.2, -0.15) is 13.2 Å². The lowest BCUT2D eigenvalue weighted by Gasteiger charge is -2.02. The highest BCUT2D eigenvalue weighted by Gasteiger charge is 2.41. The first-order chi connectivity index (χ1) is 8.79. The molecule has 0 saturated carbocycles. The van der Waals surface area contributed by atoms with E-state index in [4.69, 9.17) is 0 Å². The van der Waals surface area contributed by atoms with Gasteiger partial charge in [0.05, 0.1) is 11.9 Å². The predicted molar refractivity (Wildman–Crippen MR) is 56.4 cm³/mol. The van der Waals surface area contributed by atoms with Crippen LogP contribution in [0.15, 0.2) is 24.4 Å². The minimum absolute atomic E-state index is 0.302. The second kappa shape index (κ2) is 4.45. The SMILES string of the molecule is Cc1cc(-n2cc(C(=O)C(F)(F)F)nn2)ccc1F. The smallest absolute Gasteiger partial charge is 0.282 e. The van der Waals surface area contributed by atoms with E-state index >= 15 is 0 Å². The fourth-order valence-electron chi connectivity index (χ4n) is 1.41. The third-order valence-corrected chi connectivity index (χ3v) is 2.39. The molecular formula is C11H7F4N3O. The van der Waals surface area contributed by atoms with E-state index in [1.165, 1.54) is 19.1 Å². The molecule has 4 nitrogen and oxygen atoms in total. The zero-order valence-corrected chi connectivity index (χ0v) is 9.57. The number of aryl methyl sites for hydroxylation is 1. The number of hydrogen-bond donors (Lipinski definition) is 0. The summed E-state index contributed by atoms with van der Waals surface area (Å²) in [6.45, 7) is 1.50. The molecule has 0 aliphatic carbocycles. The van der Waals surface area contributed by atoms with Crippen LogP contribution in [0.3, 0.4) is 0 Å². The van der Waals surface area contributed by atoms with Gasteiger partial charge in [0, 0.05) is 0 Å². The van der Waals surface area contributed by atoms with Crippen LogP contribution in [0.1, 0.15) is 16.1 Å². The van der Waals surface area contributed by atoms with Crippen LogP contribution < -0.4 is 0 Å². The van der Waals surface area contributed by atoms with Gasteiger partial charge in [-0.15, -0.1) is 5.10 Å². The van der Waals surface area contributed by atoms with E-state index in [0.29, 0.717) is 11.3 Å². The molecule has 0 aliphatic rings. The van der Waals surface area contributed by atoms with Crippen LogP contribution in [0, 0.1) is 12.7 Å². The van der Waals surface area contributed by atoms with Gasteiger partial charge < -0.3 is 0 Å². The third kappa shape index (κ3) is 2.61. The van der Waals surface area contributed by atoms with Gasteiger partial charge in [0.1, 0.15) is 5.82 Å². The summed E-state index contributed by atoms with van der Waals surface area (Å²) in [5.41, 5.74) is -0.196. The first kappa shape index (κ1) is 13.2. The number of hydrogen-bond acceptors (Lipinski definition) is 3. The van der Waals surface area contributed by atoms with Gasteiger partial charge in [0.2, 0.25) is 0 Å². The summed E-state index contributed by atoms with van der Waals surface area (Å²) in [6.07, 6.45) is -4.15. The molecule has 0 fully saturated rings. The van der Waals surface area contributed by atoms with Crippen molar-refractivity contribution in [1.29, 1.82) is 0 Å². The summed E-state index contributed by atoms with van der Waals surface area (Å²) < 4.78 is 50.6. The molecule has 1 heterocycles. The van der Waals surface area contributed by atoms with Crippen molar-refractivity contribution in [3.63, 3.8) is 0 Å². The van der Waals surface area contributed by atoms with Crippen LogP contribution in [0.25, 0.3) is 5.69 Å². The summed E-state index contributed by atoms with van der Waals surface area (Å²) in [6, 6.07) is 3.85. The average Bonchev–Trinajstić information content (AvgIpc) is 2.79. The zero-order valence-electron chi connectivity index (χ0n) is 9.57. The Labute approximate surface area is 104 Å². The van der Waals surface area contributed by atoms with Crippen molar-refractivity contribution >= 4 is 5.78 Å². The second-order valence-electron chi connectivity index (χ2n) is 3.81. The Balaban J connectivity index is 2.36. The van der Waals surface area contributed by atoms with Gasteiger partial charge in [0.25, 0.3) is 5.78 Å². The maximum atomic E-state index is 13.1. The quantitative estimate of drug-likeness (QED) is 0.623. The number of aromatic nitrogens is 3. The number of rotatable bonds is 2. The highest BCUT2D eigenvalue weighted by atomic mass is 19.4. The Bertz CT molecular complexity index is 633. The number of nitrogens with zero attached hydrogens (tertiary/aromatic N) is 3. The third-order valence-electron chi connectivity index (χ3n) is 2.39. The molecule has 2 rings (SSSR count). The molecule has 0 aliphatic heterocycles. The van der Waals surface area contributed by atoms with E-state index < -0.39 is 23.5 Å². The van der Waals surface area contributed by atoms with Crippen molar-refractivity contribution < 1.29 is 22.4 Å². The maximum Gasteiger partial charge on any atom is 0.456 e. The summed E-state index contributed by atoms with van der Waals surface area (Å²) in [4.78, 5) is 10.9. The molecule has 100 valence electrons. The van der Waals surface area contributed by atoms with Crippen molar-refractivity contribution in [2.45, 2.75) is 13.1 Å². The van der Waals surface area contributed by atoms with Crippen LogP contribution in [-0.4, -0.2) is 27.0 Å². The van der Waals surface area contributed by atoms with Gasteiger partial charge in [-0.1, -0.05) is 5.21 Å². The zero-order chi connectivity index (χ0) is 14.2.